The number of hydrogen-bond donors (Lipinski definition) is 1. The van der Waals surface area contributed by atoms with Crippen LogP contribution in [0.1, 0.15) is 32.6 Å². The molecule has 2 aromatic carbocycles. The fourth-order valence-corrected chi connectivity index (χ4v) is 3.02. The van der Waals surface area contributed by atoms with Gasteiger partial charge < -0.3 is 10.6 Å². The van der Waals surface area contributed by atoms with Crippen LogP contribution in [0.2, 0.25) is 0 Å². The van der Waals surface area contributed by atoms with E-state index in [1.165, 1.54) is 12.1 Å². The van der Waals surface area contributed by atoms with Gasteiger partial charge in [-0.2, -0.15) is 13.2 Å². The highest BCUT2D eigenvalue weighted by Crippen LogP contribution is 2.29. The first kappa shape index (κ1) is 18.0. The van der Waals surface area contributed by atoms with E-state index in [4.69, 9.17) is 5.73 Å². The maximum Gasteiger partial charge on any atom is 0.416 e. The van der Waals surface area contributed by atoms with Gasteiger partial charge in [-0.25, -0.2) is 0 Å². The van der Waals surface area contributed by atoms with Crippen LogP contribution in [-0.2, 0) is 30.4 Å². The lowest BCUT2D eigenvalue weighted by molar-refractivity contribution is -0.137. The first-order valence-electron chi connectivity index (χ1n) is 8.09. The second kappa shape index (κ2) is 6.82. The Balaban J connectivity index is 1.67. The molecule has 0 bridgehead atoms. The molecule has 0 saturated carbocycles. The molecule has 136 valence electrons. The third kappa shape index (κ3) is 3.87. The highest BCUT2D eigenvalue weighted by Gasteiger charge is 2.30. The third-order valence-electron chi connectivity index (χ3n) is 4.49. The Hall–Kier alpha value is -2.83. The second-order valence-electron chi connectivity index (χ2n) is 6.28. The van der Waals surface area contributed by atoms with Crippen LogP contribution < -0.4 is 5.73 Å². The number of benzene rings is 2. The molecular weight excluding hydrogens is 345 g/mol. The summed E-state index contributed by atoms with van der Waals surface area (Å²) in [6, 6.07) is 9.79. The van der Waals surface area contributed by atoms with E-state index in [2.05, 4.69) is 0 Å². The van der Waals surface area contributed by atoms with E-state index in [9.17, 15) is 22.8 Å². The summed E-state index contributed by atoms with van der Waals surface area (Å²) in [6.45, 7) is 0.905. The summed E-state index contributed by atoms with van der Waals surface area (Å²) in [5.74, 6) is -0.636. The van der Waals surface area contributed by atoms with Crippen molar-refractivity contribution < 1.29 is 22.8 Å². The molecule has 0 aliphatic carbocycles. The van der Waals surface area contributed by atoms with Gasteiger partial charge in [-0.05, 0) is 47.4 Å². The standard InChI is InChI=1S/C19H17F3N2O2/c20-19(21,22)16-5-1-12(2-6-16)9-17(25)24-8-7-13-10-14(18(23)26)3-4-15(13)11-24/h1-6,10H,7-9,11H2,(H2,23,26). The molecule has 2 N–H and O–H groups in total. The van der Waals surface area contributed by atoms with Gasteiger partial charge in [-0.3, -0.25) is 9.59 Å². The zero-order valence-electron chi connectivity index (χ0n) is 13.8. The lowest BCUT2D eigenvalue weighted by Crippen LogP contribution is -2.37. The van der Waals surface area contributed by atoms with E-state index in [1.54, 1.807) is 23.1 Å². The zero-order chi connectivity index (χ0) is 18.9. The number of carbonyl (C=O) groups is 2. The highest BCUT2D eigenvalue weighted by atomic mass is 19.4. The van der Waals surface area contributed by atoms with E-state index in [1.807, 2.05) is 0 Å². The van der Waals surface area contributed by atoms with Crippen LogP contribution in [0.15, 0.2) is 42.5 Å². The Bertz CT molecular complexity index is 845. The van der Waals surface area contributed by atoms with E-state index in [-0.39, 0.29) is 12.3 Å². The van der Waals surface area contributed by atoms with E-state index in [0.717, 1.165) is 23.3 Å². The molecule has 2 amide bonds. The lowest BCUT2D eigenvalue weighted by atomic mass is 9.96. The van der Waals surface area contributed by atoms with Gasteiger partial charge in [0.2, 0.25) is 11.8 Å². The predicted molar refractivity (Wildman–Crippen MR) is 89.2 cm³/mol. The minimum Gasteiger partial charge on any atom is -0.366 e. The molecule has 0 saturated heterocycles. The molecule has 0 fully saturated rings. The van der Waals surface area contributed by atoms with Crippen LogP contribution in [0, 0.1) is 0 Å². The van der Waals surface area contributed by atoms with Crippen LogP contribution in [0.5, 0.6) is 0 Å². The van der Waals surface area contributed by atoms with Crippen molar-refractivity contribution in [1.82, 2.24) is 4.90 Å². The van der Waals surface area contributed by atoms with Gasteiger partial charge in [-0.15, -0.1) is 0 Å². The Labute approximate surface area is 148 Å². The van der Waals surface area contributed by atoms with Crippen LogP contribution in [0.4, 0.5) is 13.2 Å². The minimum absolute atomic E-state index is 0.0485. The molecule has 0 atom stereocenters. The maximum atomic E-state index is 12.6. The minimum atomic E-state index is -4.39. The van der Waals surface area contributed by atoms with Crippen molar-refractivity contribution in [2.24, 2.45) is 5.73 Å². The van der Waals surface area contributed by atoms with Gasteiger partial charge in [-0.1, -0.05) is 18.2 Å². The molecule has 1 aliphatic rings. The number of rotatable bonds is 3. The number of carbonyl (C=O) groups excluding carboxylic acids is 2. The van der Waals surface area contributed by atoms with Crippen LogP contribution in [0.3, 0.4) is 0 Å². The molecule has 2 aromatic rings. The Morgan fingerprint density at radius 2 is 1.73 bits per heavy atom. The summed E-state index contributed by atoms with van der Waals surface area (Å²) >= 11 is 0. The smallest absolute Gasteiger partial charge is 0.366 e. The van der Waals surface area contributed by atoms with E-state index < -0.39 is 17.6 Å². The monoisotopic (exact) mass is 362 g/mol. The largest absolute Gasteiger partial charge is 0.416 e. The molecule has 7 heteroatoms. The molecule has 4 nitrogen and oxygen atoms in total. The number of alkyl halides is 3. The highest BCUT2D eigenvalue weighted by molar-refractivity contribution is 5.93. The summed E-state index contributed by atoms with van der Waals surface area (Å²) < 4.78 is 37.8. The first-order valence-corrected chi connectivity index (χ1v) is 8.09. The number of nitrogens with two attached hydrogens (primary N) is 1. The van der Waals surface area contributed by atoms with Gasteiger partial charge in [0.25, 0.3) is 0 Å². The van der Waals surface area contributed by atoms with Gasteiger partial charge in [0.15, 0.2) is 0 Å². The topological polar surface area (TPSA) is 63.4 Å². The number of amides is 2. The molecule has 0 spiro atoms. The number of primary amides is 1. The van der Waals surface area contributed by atoms with Crippen molar-refractivity contribution in [2.75, 3.05) is 6.54 Å². The Morgan fingerprint density at radius 3 is 2.35 bits per heavy atom. The van der Waals surface area contributed by atoms with Gasteiger partial charge >= 0.3 is 6.18 Å². The van der Waals surface area contributed by atoms with Crippen molar-refractivity contribution in [3.05, 3.63) is 70.3 Å². The Morgan fingerprint density at radius 1 is 1.04 bits per heavy atom. The number of fused-ring (bicyclic) bond motifs is 1. The average molecular weight is 362 g/mol. The number of halogens is 3. The maximum absolute atomic E-state index is 12.6. The summed E-state index contributed by atoms with van der Waals surface area (Å²) in [4.78, 5) is 25.4. The third-order valence-corrected chi connectivity index (χ3v) is 4.49. The van der Waals surface area contributed by atoms with Crippen molar-refractivity contribution in [3.8, 4) is 0 Å². The average Bonchev–Trinajstić information content (AvgIpc) is 2.60. The van der Waals surface area contributed by atoms with Crippen LogP contribution in [0.25, 0.3) is 0 Å². The van der Waals surface area contributed by atoms with Crippen molar-refractivity contribution in [2.45, 2.75) is 25.6 Å². The van der Waals surface area contributed by atoms with Crippen molar-refractivity contribution >= 4 is 11.8 Å². The fourth-order valence-electron chi connectivity index (χ4n) is 3.02. The van der Waals surface area contributed by atoms with E-state index in [0.29, 0.717) is 30.6 Å². The van der Waals surface area contributed by atoms with Crippen LogP contribution in [-0.4, -0.2) is 23.3 Å². The number of nitrogens with zero attached hydrogens (tertiary/aromatic N) is 1. The second-order valence-corrected chi connectivity index (χ2v) is 6.28. The van der Waals surface area contributed by atoms with Crippen LogP contribution >= 0.6 is 0 Å². The number of hydrogen-bond acceptors (Lipinski definition) is 2. The molecule has 1 heterocycles. The van der Waals surface area contributed by atoms with Crippen molar-refractivity contribution in [1.29, 1.82) is 0 Å². The summed E-state index contributed by atoms with van der Waals surface area (Å²) in [7, 11) is 0. The predicted octanol–water partition coefficient (Wildman–Crippen LogP) is 2.93. The van der Waals surface area contributed by atoms with Gasteiger partial charge in [0.05, 0.1) is 12.0 Å². The molecule has 1 aliphatic heterocycles. The first-order chi connectivity index (χ1) is 12.2. The lowest BCUT2D eigenvalue weighted by Gasteiger charge is -2.29. The van der Waals surface area contributed by atoms with Gasteiger partial charge in [0, 0.05) is 18.7 Å². The quantitative estimate of drug-likeness (QED) is 0.913. The van der Waals surface area contributed by atoms with E-state index >= 15 is 0 Å². The normalized spacial score (nSPS) is 14.0. The molecule has 26 heavy (non-hydrogen) atoms. The molecule has 0 unspecified atom stereocenters. The summed E-state index contributed by atoms with van der Waals surface area (Å²) in [6.07, 6.45) is -3.73. The molecule has 0 radical (unpaired) electrons. The summed E-state index contributed by atoms with van der Waals surface area (Å²) in [5.41, 5.74) is 7.45. The fraction of sp³-hybridized carbons (Fsp3) is 0.263. The SMILES string of the molecule is NC(=O)c1ccc2c(c1)CCN(C(=O)Cc1ccc(C(F)(F)F)cc1)C2. The van der Waals surface area contributed by atoms with Crippen molar-refractivity contribution in [3.63, 3.8) is 0 Å². The Kier molecular flexibility index (Phi) is 4.71. The summed E-state index contributed by atoms with van der Waals surface area (Å²) in [5, 5.41) is 0. The molecule has 3 rings (SSSR count). The zero-order valence-corrected chi connectivity index (χ0v) is 13.8. The molecular formula is C19H17F3N2O2. The molecule has 0 aromatic heterocycles. The van der Waals surface area contributed by atoms with Gasteiger partial charge in [0.1, 0.15) is 0 Å².